The smallest absolute Gasteiger partial charge is 0.275 e. The first-order valence-corrected chi connectivity index (χ1v) is 11.6. The Morgan fingerprint density at radius 1 is 1.23 bits per heavy atom. The molecule has 0 bridgehead atoms. The number of halogens is 5. The van der Waals surface area contributed by atoms with Crippen molar-refractivity contribution in [2.24, 2.45) is 5.92 Å². The number of fused-ring (bicyclic) bond motifs is 1. The van der Waals surface area contributed by atoms with Crippen molar-refractivity contribution in [3.63, 3.8) is 0 Å². The van der Waals surface area contributed by atoms with Crippen molar-refractivity contribution >= 4 is 22.8 Å². The molecule has 2 aliphatic carbocycles. The first-order valence-electron chi connectivity index (χ1n) is 11.6. The van der Waals surface area contributed by atoms with Crippen LogP contribution in [0.2, 0.25) is 0 Å². The average Bonchev–Trinajstić information content (AvgIpc) is 3.42. The molecule has 1 saturated heterocycles. The maximum Gasteiger partial charge on any atom is 0.275 e. The Kier molecular flexibility index (Phi) is 6.14. The number of nitrogens with one attached hydrogen (secondary N) is 2. The number of aromatic amines is 1. The summed E-state index contributed by atoms with van der Waals surface area (Å²) in [5, 5.41) is 19.5. The second-order valence-electron chi connectivity index (χ2n) is 9.49. The monoisotopic (exact) mass is 500 g/mol. The van der Waals surface area contributed by atoms with Gasteiger partial charge in [0.15, 0.2) is 5.65 Å². The summed E-state index contributed by atoms with van der Waals surface area (Å²) in [4.78, 5) is 22.7. The van der Waals surface area contributed by atoms with Crippen molar-refractivity contribution in [1.82, 2.24) is 25.1 Å². The van der Waals surface area contributed by atoms with E-state index in [0.717, 1.165) is 17.3 Å². The number of aliphatic hydroxyl groups is 1. The molecule has 2 aromatic heterocycles. The Bertz CT molecular complexity index is 1140. The van der Waals surface area contributed by atoms with Crippen molar-refractivity contribution < 1.29 is 31.9 Å². The van der Waals surface area contributed by atoms with Crippen LogP contribution >= 0.6 is 0 Å². The number of alkyl halides is 4. The Balaban J connectivity index is 1.46. The average molecular weight is 500 g/mol. The van der Waals surface area contributed by atoms with Gasteiger partial charge in [0.2, 0.25) is 0 Å². The predicted octanol–water partition coefficient (Wildman–Crippen LogP) is 3.47. The van der Waals surface area contributed by atoms with Gasteiger partial charge in [0.1, 0.15) is 42.1 Å². The fourth-order valence-corrected chi connectivity index (χ4v) is 5.39. The van der Waals surface area contributed by atoms with Crippen LogP contribution in [0, 0.1) is 5.92 Å². The summed E-state index contributed by atoms with van der Waals surface area (Å²) in [6, 6.07) is -1.93. The molecular formula is C22H25F5N6O2. The van der Waals surface area contributed by atoms with Crippen molar-refractivity contribution in [3.05, 3.63) is 23.9 Å². The maximum absolute atomic E-state index is 14.6. The largest absolute Gasteiger partial charge is 0.385 e. The van der Waals surface area contributed by atoms with Gasteiger partial charge >= 0.3 is 0 Å². The van der Waals surface area contributed by atoms with Crippen LogP contribution in [0.25, 0.3) is 11.0 Å². The summed E-state index contributed by atoms with van der Waals surface area (Å²) in [5.41, 5.74) is -0.0701. The molecule has 1 amide bonds. The Morgan fingerprint density at radius 3 is 2.83 bits per heavy atom. The molecule has 0 spiro atoms. The van der Waals surface area contributed by atoms with E-state index in [4.69, 9.17) is 0 Å². The number of hydrogen-bond acceptors (Lipinski definition) is 6. The van der Waals surface area contributed by atoms with E-state index in [1.165, 1.54) is 0 Å². The predicted molar refractivity (Wildman–Crippen MR) is 115 cm³/mol. The lowest BCUT2D eigenvalue weighted by atomic mass is 9.85. The number of nitrogens with zero attached hydrogens (tertiary/aromatic N) is 4. The van der Waals surface area contributed by atoms with Gasteiger partial charge in [0.05, 0.1) is 18.0 Å². The van der Waals surface area contributed by atoms with Crippen LogP contribution in [0.15, 0.2) is 18.2 Å². The molecule has 0 radical (unpaired) electrons. The minimum absolute atomic E-state index is 0.00830. The highest BCUT2D eigenvalue weighted by Crippen LogP contribution is 2.39. The molecular weight excluding hydrogens is 475 g/mol. The number of carbonyl (C=O) groups is 1. The number of aliphatic hydroxyl groups excluding tert-OH is 1. The van der Waals surface area contributed by atoms with Gasteiger partial charge in [-0.2, -0.15) is 5.10 Å². The number of likely N-dealkylation sites (tertiary alicyclic amines) is 1. The quantitative estimate of drug-likeness (QED) is 0.555. The van der Waals surface area contributed by atoms with E-state index in [1.54, 1.807) is 0 Å². The molecule has 3 N–H and O–H groups in total. The molecule has 1 saturated carbocycles. The molecule has 3 aliphatic rings. The molecule has 2 aromatic rings. The van der Waals surface area contributed by atoms with Crippen LogP contribution in [0.1, 0.15) is 49.0 Å². The van der Waals surface area contributed by atoms with E-state index in [1.807, 2.05) is 0 Å². The molecule has 35 heavy (non-hydrogen) atoms. The summed E-state index contributed by atoms with van der Waals surface area (Å²) in [6.07, 6.45) is -2.76. The van der Waals surface area contributed by atoms with Crippen LogP contribution in [-0.4, -0.2) is 79.1 Å². The molecule has 5 rings (SSSR count). The summed E-state index contributed by atoms with van der Waals surface area (Å²) in [5.74, 6) is -5.51. The SMILES string of the molecule is O=C(c1[nH]nc2ncnc(NC3CCCC(F)(F)[C@H]3O)c12)N1C[C@@H](F)C[C@@H]1C1CC(F)CC=C1F. The highest BCUT2D eigenvalue weighted by Gasteiger charge is 2.47. The Morgan fingerprint density at radius 2 is 2.03 bits per heavy atom. The number of hydrogen-bond donors (Lipinski definition) is 3. The standard InChI is InChI=1S/C22H25F5N6O2/c23-10-3-4-13(25)12(6-10)15-7-11(24)8-33(15)21(35)17-16-19(28-9-29-20(16)32-31-17)30-14-2-1-5-22(26,27)18(14)34/h4,9-12,14-15,18,34H,1-3,5-8H2,(H2,28,29,30,31,32)/t10?,11-,12?,14?,15+,18-/m0/s1. The maximum atomic E-state index is 14.6. The second-order valence-corrected chi connectivity index (χ2v) is 9.49. The third kappa shape index (κ3) is 4.34. The lowest BCUT2D eigenvalue weighted by Crippen LogP contribution is -2.49. The van der Waals surface area contributed by atoms with E-state index >= 15 is 0 Å². The fraction of sp³-hybridized carbons (Fsp3) is 0.636. The lowest BCUT2D eigenvalue weighted by molar-refractivity contribution is -0.135. The number of aromatic nitrogens is 4. The molecule has 6 atom stereocenters. The van der Waals surface area contributed by atoms with Gasteiger partial charge in [-0.1, -0.05) is 0 Å². The van der Waals surface area contributed by atoms with E-state index in [0.29, 0.717) is 0 Å². The van der Waals surface area contributed by atoms with Gasteiger partial charge in [-0.25, -0.2) is 31.9 Å². The Labute approximate surface area is 197 Å². The summed E-state index contributed by atoms with van der Waals surface area (Å²) >= 11 is 0. The molecule has 3 unspecified atom stereocenters. The molecule has 3 heterocycles. The van der Waals surface area contributed by atoms with E-state index in [9.17, 15) is 31.9 Å². The topological polar surface area (TPSA) is 107 Å². The van der Waals surface area contributed by atoms with Crippen molar-refractivity contribution in [1.29, 1.82) is 0 Å². The summed E-state index contributed by atoms with van der Waals surface area (Å²) in [6.45, 7) is -0.311. The molecule has 0 aromatic carbocycles. The number of amides is 1. The number of rotatable bonds is 4. The first-order chi connectivity index (χ1) is 16.7. The molecule has 1 aliphatic heterocycles. The number of H-pyrrole nitrogens is 1. The second kappa shape index (κ2) is 8.99. The number of carbonyl (C=O) groups excluding carboxylic acids is 1. The van der Waals surface area contributed by atoms with Crippen LogP contribution in [-0.2, 0) is 0 Å². The number of allylic oxidation sites excluding steroid dienone is 1. The fourth-order valence-electron chi connectivity index (χ4n) is 5.39. The van der Waals surface area contributed by atoms with Gasteiger partial charge in [-0.05, 0) is 31.8 Å². The van der Waals surface area contributed by atoms with Gasteiger partial charge < -0.3 is 15.3 Å². The molecule has 2 fully saturated rings. The number of anilines is 1. The third-order valence-corrected chi connectivity index (χ3v) is 7.18. The zero-order chi connectivity index (χ0) is 24.9. The van der Waals surface area contributed by atoms with Crippen LogP contribution in [0.5, 0.6) is 0 Å². The zero-order valence-electron chi connectivity index (χ0n) is 18.6. The Hall–Kier alpha value is -2.83. The van der Waals surface area contributed by atoms with E-state index < -0.39 is 60.5 Å². The van der Waals surface area contributed by atoms with Gasteiger partial charge in [0, 0.05) is 24.8 Å². The van der Waals surface area contributed by atoms with Crippen LogP contribution < -0.4 is 5.32 Å². The molecule has 13 heteroatoms. The van der Waals surface area contributed by atoms with Crippen molar-refractivity contribution in [2.75, 3.05) is 11.9 Å². The molecule has 190 valence electrons. The van der Waals surface area contributed by atoms with E-state index in [2.05, 4.69) is 25.5 Å². The molecule has 8 nitrogen and oxygen atoms in total. The minimum Gasteiger partial charge on any atom is -0.385 e. The lowest BCUT2D eigenvalue weighted by Gasteiger charge is -2.35. The van der Waals surface area contributed by atoms with Crippen LogP contribution in [0.3, 0.4) is 0 Å². The van der Waals surface area contributed by atoms with Crippen LogP contribution in [0.4, 0.5) is 27.8 Å². The highest BCUT2D eigenvalue weighted by molar-refractivity contribution is 6.07. The van der Waals surface area contributed by atoms with Gasteiger partial charge in [-0.3, -0.25) is 9.89 Å². The van der Waals surface area contributed by atoms with Crippen molar-refractivity contribution in [3.8, 4) is 0 Å². The minimum atomic E-state index is -3.28. The van der Waals surface area contributed by atoms with Crippen molar-refractivity contribution in [2.45, 2.75) is 75.0 Å². The van der Waals surface area contributed by atoms with E-state index in [-0.39, 0.29) is 61.2 Å². The van der Waals surface area contributed by atoms with Gasteiger partial charge in [0.25, 0.3) is 11.8 Å². The summed E-state index contributed by atoms with van der Waals surface area (Å²) in [7, 11) is 0. The zero-order valence-corrected chi connectivity index (χ0v) is 18.6. The third-order valence-electron chi connectivity index (χ3n) is 7.18. The normalized spacial score (nSPS) is 33.1. The van der Waals surface area contributed by atoms with Gasteiger partial charge in [-0.15, -0.1) is 0 Å². The summed E-state index contributed by atoms with van der Waals surface area (Å²) < 4.78 is 71.1. The highest BCUT2D eigenvalue weighted by atomic mass is 19.3. The first kappa shape index (κ1) is 23.9.